The molecule has 0 unspecified atom stereocenters. The molecule has 5 nitrogen and oxygen atoms in total. The van der Waals surface area contributed by atoms with E-state index >= 15 is 0 Å². The van der Waals surface area contributed by atoms with Crippen molar-refractivity contribution < 1.29 is 4.42 Å². The summed E-state index contributed by atoms with van der Waals surface area (Å²) in [7, 11) is 0. The number of pyridine rings is 1. The third kappa shape index (κ3) is 3.79. The third-order valence-corrected chi connectivity index (χ3v) is 8.15. The van der Waals surface area contributed by atoms with Gasteiger partial charge in [-0.2, -0.15) is 0 Å². The van der Waals surface area contributed by atoms with Crippen molar-refractivity contribution in [2.75, 3.05) is 0 Å². The zero-order chi connectivity index (χ0) is 28.3. The second kappa shape index (κ2) is 9.29. The fourth-order valence-electron chi connectivity index (χ4n) is 6.14. The Kier molecular flexibility index (Phi) is 5.13. The number of hydrogen-bond donors (Lipinski definition) is 0. The number of fused-ring (bicyclic) bond motifs is 8. The summed E-state index contributed by atoms with van der Waals surface area (Å²) in [5.41, 5.74) is 4.05. The van der Waals surface area contributed by atoms with Crippen LogP contribution < -0.4 is 0 Å². The van der Waals surface area contributed by atoms with Crippen LogP contribution in [0.15, 0.2) is 138 Å². The molecule has 0 atom stereocenters. The van der Waals surface area contributed by atoms with Gasteiger partial charge in [0.05, 0.1) is 5.39 Å². The van der Waals surface area contributed by atoms with Crippen LogP contribution in [0.2, 0.25) is 0 Å². The number of para-hydroxylation sites is 1. The molecule has 0 aliphatic carbocycles. The maximum Gasteiger partial charge on any atom is 0.183 e. The highest BCUT2D eigenvalue weighted by Gasteiger charge is 2.19. The Labute approximate surface area is 246 Å². The van der Waals surface area contributed by atoms with Crippen LogP contribution in [0.4, 0.5) is 0 Å². The zero-order valence-electron chi connectivity index (χ0n) is 22.9. The number of rotatable bonds is 3. The van der Waals surface area contributed by atoms with E-state index in [1.165, 1.54) is 26.9 Å². The van der Waals surface area contributed by atoms with Crippen LogP contribution in [0.1, 0.15) is 0 Å². The second-order valence-corrected chi connectivity index (χ2v) is 10.7. The molecule has 3 aromatic heterocycles. The summed E-state index contributed by atoms with van der Waals surface area (Å²) in [4.78, 5) is 19.7. The van der Waals surface area contributed by atoms with E-state index in [-0.39, 0.29) is 0 Å². The predicted molar refractivity (Wildman–Crippen MR) is 174 cm³/mol. The first kappa shape index (κ1) is 23.7. The van der Waals surface area contributed by atoms with E-state index in [4.69, 9.17) is 24.4 Å². The minimum absolute atomic E-state index is 0.505. The Morgan fingerprint density at radius 1 is 0.419 bits per heavy atom. The lowest BCUT2D eigenvalue weighted by molar-refractivity contribution is 0.668. The van der Waals surface area contributed by atoms with Crippen LogP contribution in [0.3, 0.4) is 0 Å². The number of nitrogens with zero attached hydrogens (tertiary/aromatic N) is 4. The number of furan rings is 1. The maximum absolute atomic E-state index is 6.15. The zero-order valence-corrected chi connectivity index (χ0v) is 22.9. The summed E-state index contributed by atoms with van der Waals surface area (Å²) in [6.45, 7) is 0. The molecule has 0 saturated carbocycles. The van der Waals surface area contributed by atoms with Gasteiger partial charge in [-0.05, 0) is 50.5 Å². The third-order valence-electron chi connectivity index (χ3n) is 8.15. The van der Waals surface area contributed by atoms with Crippen molar-refractivity contribution in [1.29, 1.82) is 0 Å². The van der Waals surface area contributed by atoms with Crippen LogP contribution in [0, 0.1) is 0 Å². The number of hydrogen-bond acceptors (Lipinski definition) is 5. The van der Waals surface area contributed by atoms with Gasteiger partial charge in [0.15, 0.2) is 17.5 Å². The Bertz CT molecular complexity index is 2520. The van der Waals surface area contributed by atoms with Crippen molar-refractivity contribution in [3.05, 3.63) is 134 Å². The Balaban J connectivity index is 1.29. The monoisotopic (exact) mass is 550 g/mol. The molecule has 0 spiro atoms. The highest BCUT2D eigenvalue weighted by atomic mass is 16.3. The minimum Gasteiger partial charge on any atom is -0.456 e. The van der Waals surface area contributed by atoms with Gasteiger partial charge >= 0.3 is 0 Å². The summed E-state index contributed by atoms with van der Waals surface area (Å²) < 4.78 is 6.15. The first-order chi connectivity index (χ1) is 21.3. The standard InChI is InChI=1S/C38H22N4O/c1-2-9-25(10-3-1)36-40-37(42-38(41-36)35-34-30-12-6-7-13-31(30)43-32(34)20-21-39-35)27-18-19-29-26(22-27)17-16-24-15-14-23-8-4-5-11-28(23)33(24)29/h1-22H. The van der Waals surface area contributed by atoms with Gasteiger partial charge in [-0.3, -0.25) is 4.98 Å². The molecule has 5 heteroatoms. The molecular weight excluding hydrogens is 528 g/mol. The molecule has 0 aliphatic rings. The summed E-state index contributed by atoms with van der Waals surface area (Å²) in [5.74, 6) is 1.69. The van der Waals surface area contributed by atoms with Gasteiger partial charge in [0.1, 0.15) is 16.9 Å². The fraction of sp³-hybridized carbons (Fsp3) is 0. The van der Waals surface area contributed by atoms with Gasteiger partial charge in [-0.1, -0.05) is 109 Å². The molecule has 0 bridgehead atoms. The molecule has 0 N–H and O–H groups in total. The van der Waals surface area contributed by atoms with Gasteiger partial charge < -0.3 is 4.42 Å². The van der Waals surface area contributed by atoms with E-state index in [1.807, 2.05) is 60.7 Å². The van der Waals surface area contributed by atoms with Crippen molar-refractivity contribution >= 4 is 54.3 Å². The Morgan fingerprint density at radius 3 is 1.98 bits per heavy atom. The minimum atomic E-state index is 0.505. The summed E-state index contributed by atoms with van der Waals surface area (Å²) in [5, 5.41) is 9.16. The van der Waals surface area contributed by atoms with Gasteiger partial charge in [0.25, 0.3) is 0 Å². The van der Waals surface area contributed by atoms with Crippen molar-refractivity contribution in [2.24, 2.45) is 0 Å². The smallest absolute Gasteiger partial charge is 0.183 e. The summed E-state index contributed by atoms with van der Waals surface area (Å²) in [6.07, 6.45) is 1.75. The molecule has 0 radical (unpaired) electrons. The second-order valence-electron chi connectivity index (χ2n) is 10.7. The summed E-state index contributed by atoms with van der Waals surface area (Å²) >= 11 is 0. The van der Waals surface area contributed by atoms with Gasteiger partial charge in [0.2, 0.25) is 0 Å². The van der Waals surface area contributed by atoms with E-state index in [0.29, 0.717) is 23.2 Å². The SMILES string of the molecule is c1ccc(-c2nc(-c3ccc4c(ccc5ccc6ccccc6c54)c3)nc(-c3nccc4oc5ccccc5c34)n2)cc1. The Hall–Kier alpha value is -5.94. The normalized spacial score (nSPS) is 11.7. The average molecular weight is 551 g/mol. The molecule has 3 heterocycles. The van der Waals surface area contributed by atoms with Crippen molar-refractivity contribution in [2.45, 2.75) is 0 Å². The predicted octanol–water partition coefficient (Wildman–Crippen LogP) is 9.63. The molecule has 9 rings (SSSR count). The van der Waals surface area contributed by atoms with Gasteiger partial charge in [-0.25, -0.2) is 15.0 Å². The topological polar surface area (TPSA) is 64.7 Å². The van der Waals surface area contributed by atoms with Crippen LogP contribution in [0.25, 0.3) is 88.5 Å². The molecule has 9 aromatic rings. The first-order valence-corrected chi connectivity index (χ1v) is 14.2. The molecule has 0 amide bonds. The van der Waals surface area contributed by atoms with Crippen LogP contribution in [0.5, 0.6) is 0 Å². The van der Waals surface area contributed by atoms with Crippen LogP contribution in [-0.2, 0) is 0 Å². The molecular formula is C38H22N4O. The van der Waals surface area contributed by atoms with E-state index in [1.54, 1.807) is 6.20 Å². The highest BCUT2D eigenvalue weighted by Crippen LogP contribution is 2.37. The van der Waals surface area contributed by atoms with Crippen molar-refractivity contribution in [3.63, 3.8) is 0 Å². The van der Waals surface area contributed by atoms with Gasteiger partial charge in [0, 0.05) is 22.7 Å². The molecule has 6 aromatic carbocycles. The van der Waals surface area contributed by atoms with E-state index in [0.717, 1.165) is 38.5 Å². The molecule has 0 aliphatic heterocycles. The quantitative estimate of drug-likeness (QED) is 0.205. The largest absolute Gasteiger partial charge is 0.456 e. The molecule has 0 saturated heterocycles. The average Bonchev–Trinajstić information content (AvgIpc) is 3.47. The fourth-order valence-corrected chi connectivity index (χ4v) is 6.14. The lowest BCUT2D eigenvalue weighted by Crippen LogP contribution is -2.01. The molecule has 200 valence electrons. The molecule has 43 heavy (non-hydrogen) atoms. The van der Waals surface area contributed by atoms with Crippen LogP contribution in [-0.4, -0.2) is 19.9 Å². The molecule has 0 fully saturated rings. The number of aromatic nitrogens is 4. The van der Waals surface area contributed by atoms with Crippen LogP contribution >= 0.6 is 0 Å². The number of benzene rings is 6. The first-order valence-electron chi connectivity index (χ1n) is 14.2. The van der Waals surface area contributed by atoms with E-state index < -0.39 is 0 Å². The summed E-state index contributed by atoms with van der Waals surface area (Å²) in [6, 6.07) is 43.6. The van der Waals surface area contributed by atoms with E-state index in [2.05, 4.69) is 66.7 Å². The lowest BCUT2D eigenvalue weighted by atomic mass is 9.95. The lowest BCUT2D eigenvalue weighted by Gasteiger charge is -2.11. The van der Waals surface area contributed by atoms with Gasteiger partial charge in [-0.15, -0.1) is 0 Å². The maximum atomic E-state index is 6.15. The van der Waals surface area contributed by atoms with E-state index in [9.17, 15) is 0 Å². The van der Waals surface area contributed by atoms with Crippen molar-refractivity contribution in [1.82, 2.24) is 19.9 Å². The Morgan fingerprint density at radius 2 is 1.09 bits per heavy atom. The van der Waals surface area contributed by atoms with Crippen molar-refractivity contribution in [3.8, 4) is 34.3 Å². The highest BCUT2D eigenvalue weighted by molar-refractivity contribution is 6.20.